The summed E-state index contributed by atoms with van der Waals surface area (Å²) >= 11 is 0. The van der Waals surface area contributed by atoms with Crippen molar-refractivity contribution in [3.8, 4) is 11.5 Å². The lowest BCUT2D eigenvalue weighted by atomic mass is 10.1. The van der Waals surface area contributed by atoms with Crippen molar-refractivity contribution < 1.29 is 14.6 Å². The first kappa shape index (κ1) is 15.8. The Bertz CT molecular complexity index is 380. The minimum absolute atomic E-state index is 0.127. The van der Waals surface area contributed by atoms with E-state index < -0.39 is 0 Å². The monoisotopic (exact) mass is 267 g/mol. The van der Waals surface area contributed by atoms with Crippen molar-refractivity contribution in [3.05, 3.63) is 23.8 Å². The van der Waals surface area contributed by atoms with Gasteiger partial charge in [0.05, 0.1) is 13.2 Å². The molecule has 1 aromatic rings. The van der Waals surface area contributed by atoms with E-state index in [2.05, 4.69) is 12.2 Å². The van der Waals surface area contributed by atoms with Crippen LogP contribution in [-0.4, -0.2) is 31.0 Å². The SMILES string of the molecule is COc1cc(CNC(C)CCO)ccc1OC(C)C. The zero-order chi connectivity index (χ0) is 14.3. The highest BCUT2D eigenvalue weighted by Gasteiger charge is 2.08. The van der Waals surface area contributed by atoms with Gasteiger partial charge in [0.25, 0.3) is 0 Å². The van der Waals surface area contributed by atoms with Crippen LogP contribution in [-0.2, 0) is 6.54 Å². The van der Waals surface area contributed by atoms with Crippen molar-refractivity contribution in [3.63, 3.8) is 0 Å². The molecule has 0 saturated carbocycles. The normalized spacial score (nSPS) is 12.5. The Morgan fingerprint density at radius 2 is 1.95 bits per heavy atom. The maximum absolute atomic E-state index is 8.86. The molecule has 0 aliphatic rings. The number of hydrogen-bond donors (Lipinski definition) is 2. The molecule has 4 heteroatoms. The Labute approximate surface area is 115 Å². The Balaban J connectivity index is 2.65. The van der Waals surface area contributed by atoms with Gasteiger partial charge in [-0.2, -0.15) is 0 Å². The highest BCUT2D eigenvalue weighted by atomic mass is 16.5. The molecule has 0 amide bonds. The van der Waals surface area contributed by atoms with Gasteiger partial charge in [0.2, 0.25) is 0 Å². The summed E-state index contributed by atoms with van der Waals surface area (Å²) in [7, 11) is 1.65. The first-order valence-electron chi connectivity index (χ1n) is 6.74. The molecule has 108 valence electrons. The molecule has 1 aromatic carbocycles. The molecule has 0 spiro atoms. The summed E-state index contributed by atoms with van der Waals surface area (Å²) in [4.78, 5) is 0. The van der Waals surface area contributed by atoms with Gasteiger partial charge in [0.15, 0.2) is 11.5 Å². The molecule has 0 radical (unpaired) electrons. The highest BCUT2D eigenvalue weighted by molar-refractivity contribution is 5.43. The molecule has 0 bridgehead atoms. The van der Waals surface area contributed by atoms with Gasteiger partial charge >= 0.3 is 0 Å². The standard InChI is InChI=1S/C15H25NO3/c1-11(2)19-14-6-5-13(9-15(14)18-4)10-16-12(3)7-8-17/h5-6,9,11-12,16-17H,7-8,10H2,1-4H3. The minimum atomic E-state index is 0.127. The van der Waals surface area contributed by atoms with E-state index in [1.807, 2.05) is 32.0 Å². The smallest absolute Gasteiger partial charge is 0.161 e. The largest absolute Gasteiger partial charge is 0.493 e. The maximum atomic E-state index is 8.86. The number of nitrogens with one attached hydrogen (secondary N) is 1. The zero-order valence-electron chi connectivity index (χ0n) is 12.3. The third-order valence-corrected chi connectivity index (χ3v) is 2.81. The van der Waals surface area contributed by atoms with Crippen molar-refractivity contribution >= 4 is 0 Å². The predicted molar refractivity (Wildman–Crippen MR) is 76.8 cm³/mol. The number of aliphatic hydroxyl groups is 1. The fraction of sp³-hybridized carbons (Fsp3) is 0.600. The lowest BCUT2D eigenvalue weighted by Gasteiger charge is -2.16. The molecular formula is C15H25NO3. The van der Waals surface area contributed by atoms with Crippen LogP contribution in [0.25, 0.3) is 0 Å². The van der Waals surface area contributed by atoms with Gasteiger partial charge in [0.1, 0.15) is 0 Å². The van der Waals surface area contributed by atoms with Crippen molar-refractivity contribution in [2.24, 2.45) is 0 Å². The van der Waals surface area contributed by atoms with E-state index >= 15 is 0 Å². The van der Waals surface area contributed by atoms with Crippen LogP contribution in [0, 0.1) is 0 Å². The molecule has 2 N–H and O–H groups in total. The van der Waals surface area contributed by atoms with Crippen LogP contribution in [0.5, 0.6) is 11.5 Å². The van der Waals surface area contributed by atoms with Crippen LogP contribution >= 0.6 is 0 Å². The molecule has 0 aliphatic carbocycles. The van der Waals surface area contributed by atoms with E-state index in [4.69, 9.17) is 14.6 Å². The number of aliphatic hydroxyl groups excluding tert-OH is 1. The fourth-order valence-corrected chi connectivity index (χ4v) is 1.76. The Hall–Kier alpha value is -1.26. The van der Waals surface area contributed by atoms with Gasteiger partial charge in [-0.3, -0.25) is 0 Å². The average Bonchev–Trinajstić information content (AvgIpc) is 2.37. The summed E-state index contributed by atoms with van der Waals surface area (Å²) in [5.74, 6) is 1.52. The second-order valence-corrected chi connectivity index (χ2v) is 4.95. The van der Waals surface area contributed by atoms with Crippen LogP contribution in [0.2, 0.25) is 0 Å². The number of benzene rings is 1. The summed E-state index contributed by atoms with van der Waals surface area (Å²) in [6, 6.07) is 6.24. The average molecular weight is 267 g/mol. The van der Waals surface area contributed by atoms with E-state index in [9.17, 15) is 0 Å². The number of methoxy groups -OCH3 is 1. The Morgan fingerprint density at radius 1 is 1.21 bits per heavy atom. The maximum Gasteiger partial charge on any atom is 0.161 e. The molecule has 0 fully saturated rings. The third kappa shape index (κ3) is 5.49. The minimum Gasteiger partial charge on any atom is -0.493 e. The van der Waals surface area contributed by atoms with E-state index in [0.717, 1.165) is 30.0 Å². The van der Waals surface area contributed by atoms with Crippen LogP contribution in [0.1, 0.15) is 32.8 Å². The quantitative estimate of drug-likeness (QED) is 0.759. The van der Waals surface area contributed by atoms with Gasteiger partial charge in [-0.1, -0.05) is 6.07 Å². The number of rotatable bonds is 8. The molecule has 4 nitrogen and oxygen atoms in total. The summed E-state index contributed by atoms with van der Waals surface area (Å²) in [6.45, 7) is 7.00. The molecule has 0 saturated heterocycles. The topological polar surface area (TPSA) is 50.7 Å². The van der Waals surface area contributed by atoms with Crippen molar-refractivity contribution in [1.82, 2.24) is 5.32 Å². The first-order chi connectivity index (χ1) is 9.06. The Morgan fingerprint density at radius 3 is 2.53 bits per heavy atom. The predicted octanol–water partition coefficient (Wildman–Crippen LogP) is 2.34. The van der Waals surface area contributed by atoms with E-state index in [0.29, 0.717) is 6.04 Å². The van der Waals surface area contributed by atoms with Gasteiger partial charge in [-0.25, -0.2) is 0 Å². The van der Waals surface area contributed by atoms with E-state index in [-0.39, 0.29) is 12.7 Å². The van der Waals surface area contributed by atoms with Crippen molar-refractivity contribution in [1.29, 1.82) is 0 Å². The number of hydrogen-bond acceptors (Lipinski definition) is 4. The van der Waals surface area contributed by atoms with Gasteiger partial charge in [-0.05, 0) is 44.9 Å². The highest BCUT2D eigenvalue weighted by Crippen LogP contribution is 2.28. The van der Waals surface area contributed by atoms with Gasteiger partial charge in [0, 0.05) is 19.2 Å². The van der Waals surface area contributed by atoms with Crippen molar-refractivity contribution in [2.45, 2.75) is 45.9 Å². The zero-order valence-corrected chi connectivity index (χ0v) is 12.3. The molecular weight excluding hydrogens is 242 g/mol. The summed E-state index contributed by atoms with van der Waals surface area (Å²) < 4.78 is 11.0. The second-order valence-electron chi connectivity index (χ2n) is 4.95. The molecule has 1 rings (SSSR count). The van der Waals surface area contributed by atoms with Crippen LogP contribution in [0.15, 0.2) is 18.2 Å². The number of ether oxygens (including phenoxy) is 2. The van der Waals surface area contributed by atoms with E-state index in [1.54, 1.807) is 7.11 Å². The van der Waals surface area contributed by atoms with Crippen LogP contribution in [0.4, 0.5) is 0 Å². The summed E-state index contributed by atoms with van der Waals surface area (Å²) in [5.41, 5.74) is 1.14. The first-order valence-corrected chi connectivity index (χ1v) is 6.74. The molecule has 0 heterocycles. The lowest BCUT2D eigenvalue weighted by Crippen LogP contribution is -2.26. The van der Waals surface area contributed by atoms with E-state index in [1.165, 1.54) is 0 Å². The third-order valence-electron chi connectivity index (χ3n) is 2.81. The van der Waals surface area contributed by atoms with Crippen LogP contribution in [0.3, 0.4) is 0 Å². The molecule has 1 atom stereocenters. The lowest BCUT2D eigenvalue weighted by molar-refractivity contribution is 0.230. The molecule has 0 aromatic heterocycles. The Kier molecular flexibility index (Phi) is 6.67. The summed E-state index contributed by atoms with van der Waals surface area (Å²) in [5, 5.41) is 12.2. The molecule has 0 aliphatic heterocycles. The molecule has 19 heavy (non-hydrogen) atoms. The fourth-order valence-electron chi connectivity index (χ4n) is 1.76. The van der Waals surface area contributed by atoms with Crippen LogP contribution < -0.4 is 14.8 Å². The van der Waals surface area contributed by atoms with Gasteiger partial charge < -0.3 is 19.9 Å². The molecule has 1 unspecified atom stereocenters. The summed E-state index contributed by atoms with van der Waals surface area (Å²) in [6.07, 6.45) is 0.883. The van der Waals surface area contributed by atoms with Gasteiger partial charge in [-0.15, -0.1) is 0 Å². The van der Waals surface area contributed by atoms with Crippen molar-refractivity contribution in [2.75, 3.05) is 13.7 Å². The second kappa shape index (κ2) is 8.02.